The number of carbonyl (C=O) groups is 2. The maximum absolute atomic E-state index is 11.7. The number of hydrogen-bond acceptors (Lipinski definition) is 3. The van der Waals surface area contributed by atoms with Crippen LogP contribution in [0.2, 0.25) is 0 Å². The third kappa shape index (κ3) is 2.14. The lowest BCUT2D eigenvalue weighted by Gasteiger charge is -2.34. The Labute approximate surface area is 84.8 Å². The van der Waals surface area contributed by atoms with E-state index in [4.69, 9.17) is 0 Å². The highest BCUT2D eigenvalue weighted by molar-refractivity contribution is 5.99. The van der Waals surface area contributed by atoms with Gasteiger partial charge < -0.3 is 4.74 Å². The van der Waals surface area contributed by atoms with Crippen molar-refractivity contribution in [2.75, 3.05) is 7.11 Å². The minimum absolute atomic E-state index is 0.0486. The van der Waals surface area contributed by atoms with Crippen LogP contribution in [-0.4, -0.2) is 18.9 Å². The number of hydrogen-bond donors (Lipinski definition) is 0. The van der Waals surface area contributed by atoms with Crippen molar-refractivity contribution in [2.24, 2.45) is 11.3 Å². The summed E-state index contributed by atoms with van der Waals surface area (Å²) >= 11 is 0. The van der Waals surface area contributed by atoms with Gasteiger partial charge in [-0.05, 0) is 18.3 Å². The van der Waals surface area contributed by atoms with Crippen molar-refractivity contribution in [1.82, 2.24) is 0 Å². The molecule has 0 heterocycles. The first-order valence-corrected chi connectivity index (χ1v) is 5.13. The van der Waals surface area contributed by atoms with Crippen molar-refractivity contribution in [1.29, 1.82) is 0 Å². The highest BCUT2D eigenvalue weighted by Gasteiger charge is 2.39. The highest BCUT2D eigenvalue weighted by atomic mass is 16.5. The van der Waals surface area contributed by atoms with Crippen LogP contribution in [0.15, 0.2) is 0 Å². The minimum Gasteiger partial charge on any atom is -0.468 e. The number of Topliss-reactive ketones (excluding diaryl/α,β-unsaturated/α-hetero) is 1. The smallest absolute Gasteiger partial charge is 0.316 e. The van der Waals surface area contributed by atoms with Crippen molar-refractivity contribution >= 4 is 11.8 Å². The van der Waals surface area contributed by atoms with Gasteiger partial charge in [-0.1, -0.05) is 20.3 Å². The Kier molecular flexibility index (Phi) is 3.29. The fourth-order valence-electron chi connectivity index (χ4n) is 1.98. The molecule has 0 saturated heterocycles. The van der Waals surface area contributed by atoms with Crippen LogP contribution in [0.1, 0.15) is 39.5 Å². The van der Waals surface area contributed by atoms with Gasteiger partial charge in [-0.15, -0.1) is 0 Å². The van der Waals surface area contributed by atoms with Gasteiger partial charge in [0.15, 0.2) is 0 Å². The first-order valence-electron chi connectivity index (χ1n) is 5.13. The van der Waals surface area contributed by atoms with Crippen LogP contribution in [-0.2, 0) is 14.3 Å². The molecular weight excluding hydrogens is 180 g/mol. The number of carbonyl (C=O) groups excluding carboxylic acids is 2. The van der Waals surface area contributed by atoms with Crippen molar-refractivity contribution < 1.29 is 14.3 Å². The van der Waals surface area contributed by atoms with Crippen LogP contribution < -0.4 is 0 Å². The molecule has 14 heavy (non-hydrogen) atoms. The van der Waals surface area contributed by atoms with E-state index in [1.807, 2.05) is 0 Å². The maximum atomic E-state index is 11.7. The first kappa shape index (κ1) is 11.2. The fraction of sp³-hybridized carbons (Fsp3) is 0.818. The van der Waals surface area contributed by atoms with Crippen LogP contribution in [0.5, 0.6) is 0 Å². The summed E-state index contributed by atoms with van der Waals surface area (Å²) in [6.07, 6.45) is 3.10. The molecule has 1 aliphatic carbocycles. The van der Waals surface area contributed by atoms with Crippen LogP contribution in [0.4, 0.5) is 0 Å². The van der Waals surface area contributed by atoms with Crippen LogP contribution in [0.25, 0.3) is 0 Å². The average molecular weight is 198 g/mol. The molecule has 1 fully saturated rings. The topological polar surface area (TPSA) is 43.4 Å². The normalized spacial score (nSPS) is 32.8. The summed E-state index contributed by atoms with van der Waals surface area (Å²) in [4.78, 5) is 22.9. The largest absolute Gasteiger partial charge is 0.468 e. The zero-order valence-electron chi connectivity index (χ0n) is 9.13. The molecule has 1 aliphatic rings. The number of ether oxygens (including phenoxy) is 1. The van der Waals surface area contributed by atoms with Gasteiger partial charge >= 0.3 is 5.97 Å². The third-order valence-corrected chi connectivity index (χ3v) is 3.37. The summed E-state index contributed by atoms with van der Waals surface area (Å²) in [6, 6.07) is 0. The zero-order chi connectivity index (χ0) is 10.8. The molecule has 0 bridgehead atoms. The lowest BCUT2D eigenvalue weighted by atomic mass is 9.69. The van der Waals surface area contributed by atoms with Gasteiger partial charge in [0.25, 0.3) is 0 Å². The SMILES string of the molecule is CCC1(C)CCC(C(=O)OC)C(=O)C1. The lowest BCUT2D eigenvalue weighted by molar-refractivity contribution is -0.152. The van der Waals surface area contributed by atoms with Gasteiger partial charge in [-0.3, -0.25) is 9.59 Å². The van der Waals surface area contributed by atoms with E-state index in [-0.39, 0.29) is 17.2 Å². The minimum atomic E-state index is -0.500. The van der Waals surface area contributed by atoms with Gasteiger partial charge in [0.1, 0.15) is 11.7 Å². The standard InChI is InChI=1S/C11H18O3/c1-4-11(2)6-5-8(9(12)7-11)10(13)14-3/h8H,4-7H2,1-3H3. The first-order chi connectivity index (χ1) is 6.52. The molecule has 3 heteroatoms. The number of esters is 1. The Bertz CT molecular complexity index is 247. The summed E-state index contributed by atoms with van der Waals surface area (Å²) in [5, 5.41) is 0. The number of rotatable bonds is 2. The zero-order valence-corrected chi connectivity index (χ0v) is 9.13. The Hall–Kier alpha value is -0.860. The molecule has 0 aromatic rings. The molecule has 1 saturated carbocycles. The molecule has 2 atom stereocenters. The summed E-state index contributed by atoms with van der Waals surface area (Å²) < 4.78 is 4.60. The van der Waals surface area contributed by atoms with E-state index in [9.17, 15) is 9.59 Å². The van der Waals surface area contributed by atoms with Crippen molar-refractivity contribution in [3.8, 4) is 0 Å². The molecule has 0 amide bonds. The van der Waals surface area contributed by atoms with Gasteiger partial charge in [0.2, 0.25) is 0 Å². The van der Waals surface area contributed by atoms with Crippen molar-refractivity contribution in [3.63, 3.8) is 0 Å². The number of ketones is 1. The van der Waals surface area contributed by atoms with E-state index in [2.05, 4.69) is 18.6 Å². The van der Waals surface area contributed by atoms with Gasteiger partial charge in [-0.2, -0.15) is 0 Å². The molecule has 2 unspecified atom stereocenters. The average Bonchev–Trinajstić information content (AvgIpc) is 2.17. The molecular formula is C11H18O3. The highest BCUT2D eigenvalue weighted by Crippen LogP contribution is 2.39. The quantitative estimate of drug-likeness (QED) is 0.503. The van der Waals surface area contributed by atoms with Gasteiger partial charge in [-0.25, -0.2) is 0 Å². The van der Waals surface area contributed by atoms with E-state index < -0.39 is 5.92 Å². The van der Waals surface area contributed by atoms with Gasteiger partial charge in [0, 0.05) is 6.42 Å². The van der Waals surface area contributed by atoms with E-state index in [0.29, 0.717) is 12.8 Å². The molecule has 3 nitrogen and oxygen atoms in total. The summed E-state index contributed by atoms with van der Waals surface area (Å²) in [5.41, 5.74) is 0.0988. The Morgan fingerprint density at radius 1 is 1.64 bits per heavy atom. The van der Waals surface area contributed by atoms with E-state index in [0.717, 1.165) is 12.8 Å². The predicted molar refractivity (Wildman–Crippen MR) is 52.8 cm³/mol. The molecule has 0 aromatic heterocycles. The monoisotopic (exact) mass is 198 g/mol. The third-order valence-electron chi connectivity index (χ3n) is 3.37. The molecule has 0 radical (unpaired) electrons. The summed E-state index contributed by atoms with van der Waals surface area (Å²) in [6.45, 7) is 4.20. The second-order valence-electron chi connectivity index (χ2n) is 4.42. The van der Waals surface area contributed by atoms with Crippen LogP contribution >= 0.6 is 0 Å². The Balaban J connectivity index is 2.65. The molecule has 0 N–H and O–H groups in total. The van der Waals surface area contributed by atoms with Crippen LogP contribution in [0.3, 0.4) is 0 Å². The molecule has 0 aliphatic heterocycles. The summed E-state index contributed by atoms with van der Waals surface area (Å²) in [7, 11) is 1.34. The summed E-state index contributed by atoms with van der Waals surface area (Å²) in [5.74, 6) is -0.819. The van der Waals surface area contributed by atoms with E-state index in [1.165, 1.54) is 7.11 Å². The van der Waals surface area contributed by atoms with Gasteiger partial charge in [0.05, 0.1) is 7.11 Å². The second-order valence-corrected chi connectivity index (χ2v) is 4.42. The molecule has 0 aromatic carbocycles. The Morgan fingerprint density at radius 3 is 2.71 bits per heavy atom. The second kappa shape index (κ2) is 4.11. The maximum Gasteiger partial charge on any atom is 0.316 e. The van der Waals surface area contributed by atoms with Crippen molar-refractivity contribution in [3.05, 3.63) is 0 Å². The van der Waals surface area contributed by atoms with Crippen molar-refractivity contribution in [2.45, 2.75) is 39.5 Å². The molecule has 80 valence electrons. The Morgan fingerprint density at radius 2 is 2.29 bits per heavy atom. The predicted octanol–water partition coefficient (Wildman–Crippen LogP) is 1.94. The molecule has 1 rings (SSSR count). The lowest BCUT2D eigenvalue weighted by Crippen LogP contribution is -2.36. The van der Waals surface area contributed by atoms with E-state index in [1.54, 1.807) is 0 Å². The van der Waals surface area contributed by atoms with Crippen LogP contribution in [0, 0.1) is 11.3 Å². The van der Waals surface area contributed by atoms with E-state index >= 15 is 0 Å². The fourth-order valence-corrected chi connectivity index (χ4v) is 1.98. The molecule has 0 spiro atoms. The number of methoxy groups -OCH3 is 1.